The summed E-state index contributed by atoms with van der Waals surface area (Å²) in [6.45, 7) is 13.1. The zero-order chi connectivity index (χ0) is 10.4. The Kier molecular flexibility index (Phi) is 5.77. The Morgan fingerprint density at radius 3 is 1.92 bits per heavy atom. The summed E-state index contributed by atoms with van der Waals surface area (Å²) in [7, 11) is 0. The fourth-order valence-corrected chi connectivity index (χ4v) is 1.69. The van der Waals surface area contributed by atoms with Crippen molar-refractivity contribution in [2.24, 2.45) is 17.8 Å². The van der Waals surface area contributed by atoms with Gasteiger partial charge in [0.15, 0.2) is 0 Å². The first-order valence-corrected chi connectivity index (χ1v) is 5.51. The van der Waals surface area contributed by atoms with Crippen molar-refractivity contribution in [3.63, 3.8) is 0 Å². The molecule has 13 heavy (non-hydrogen) atoms. The minimum atomic E-state index is 0.704. The van der Waals surface area contributed by atoms with E-state index in [1.807, 2.05) is 13.8 Å². The van der Waals surface area contributed by atoms with Crippen LogP contribution in [0.5, 0.6) is 0 Å². The van der Waals surface area contributed by atoms with Crippen LogP contribution < -0.4 is 0 Å². The highest BCUT2D eigenvalue weighted by Crippen LogP contribution is 2.31. The third-order valence-electron chi connectivity index (χ3n) is 2.38. The molecule has 0 bridgehead atoms. The molecule has 1 aliphatic rings. The Bertz CT molecular complexity index is 182. The number of hydrogen-bond donors (Lipinski definition) is 0. The monoisotopic (exact) mass is 180 g/mol. The maximum Gasteiger partial charge on any atom is 0.000856 e. The average molecular weight is 180 g/mol. The van der Waals surface area contributed by atoms with Crippen molar-refractivity contribution in [1.29, 1.82) is 0 Å². The summed E-state index contributed by atoms with van der Waals surface area (Å²) < 4.78 is 0. The lowest BCUT2D eigenvalue weighted by Gasteiger charge is -2.20. The van der Waals surface area contributed by atoms with E-state index in [1.165, 1.54) is 0 Å². The lowest BCUT2D eigenvalue weighted by Crippen LogP contribution is -2.10. The van der Waals surface area contributed by atoms with Gasteiger partial charge in [0.25, 0.3) is 0 Å². The molecule has 0 spiro atoms. The Labute approximate surface area is 83.7 Å². The van der Waals surface area contributed by atoms with E-state index in [1.54, 1.807) is 5.57 Å². The van der Waals surface area contributed by atoms with Crippen molar-refractivity contribution >= 4 is 0 Å². The van der Waals surface area contributed by atoms with E-state index < -0.39 is 0 Å². The predicted octanol–water partition coefficient (Wildman–Crippen LogP) is 4.44. The first kappa shape index (κ1) is 12.5. The fraction of sp³-hybridized carbons (Fsp3) is 0.692. The molecule has 0 saturated heterocycles. The molecule has 0 aromatic carbocycles. The highest BCUT2D eigenvalue weighted by molar-refractivity contribution is 5.29. The molecular formula is C13H24. The molecule has 0 amide bonds. The second kappa shape index (κ2) is 6.01. The summed E-state index contributed by atoms with van der Waals surface area (Å²) in [5, 5.41) is 0. The van der Waals surface area contributed by atoms with Gasteiger partial charge in [0.2, 0.25) is 0 Å². The van der Waals surface area contributed by atoms with Crippen LogP contribution in [0, 0.1) is 17.8 Å². The van der Waals surface area contributed by atoms with E-state index in [9.17, 15) is 0 Å². The summed E-state index contributed by atoms with van der Waals surface area (Å²) >= 11 is 0. The van der Waals surface area contributed by atoms with Gasteiger partial charge in [0, 0.05) is 5.92 Å². The fourth-order valence-electron chi connectivity index (χ4n) is 1.69. The molecule has 0 aliphatic heterocycles. The van der Waals surface area contributed by atoms with Crippen LogP contribution in [0.3, 0.4) is 0 Å². The quantitative estimate of drug-likeness (QED) is 0.589. The maximum absolute atomic E-state index is 2.32. The van der Waals surface area contributed by atoms with Gasteiger partial charge in [-0.05, 0) is 11.8 Å². The van der Waals surface area contributed by atoms with Gasteiger partial charge in [-0.3, -0.25) is 0 Å². The molecule has 0 fully saturated rings. The van der Waals surface area contributed by atoms with Crippen LogP contribution in [0.2, 0.25) is 0 Å². The molecule has 0 N–H and O–H groups in total. The van der Waals surface area contributed by atoms with Crippen LogP contribution in [0.1, 0.15) is 41.5 Å². The predicted molar refractivity (Wildman–Crippen MR) is 61.7 cm³/mol. The minimum Gasteiger partial charge on any atom is -0.0771 e. The van der Waals surface area contributed by atoms with Crippen molar-refractivity contribution < 1.29 is 0 Å². The van der Waals surface area contributed by atoms with Gasteiger partial charge in [-0.25, -0.2) is 0 Å². The second-order valence-corrected chi connectivity index (χ2v) is 3.98. The Morgan fingerprint density at radius 2 is 1.62 bits per heavy atom. The van der Waals surface area contributed by atoms with E-state index in [0.29, 0.717) is 11.8 Å². The van der Waals surface area contributed by atoms with Crippen molar-refractivity contribution in [2.45, 2.75) is 41.5 Å². The van der Waals surface area contributed by atoms with Gasteiger partial charge in [-0.15, -0.1) is 0 Å². The molecule has 1 rings (SSSR count). The first-order valence-electron chi connectivity index (χ1n) is 5.51. The van der Waals surface area contributed by atoms with E-state index in [0.717, 1.165) is 5.92 Å². The van der Waals surface area contributed by atoms with E-state index in [2.05, 4.69) is 45.9 Å². The molecule has 1 unspecified atom stereocenters. The number of rotatable bonds is 2. The van der Waals surface area contributed by atoms with E-state index in [-0.39, 0.29) is 0 Å². The van der Waals surface area contributed by atoms with Gasteiger partial charge >= 0.3 is 0 Å². The molecule has 0 heteroatoms. The van der Waals surface area contributed by atoms with E-state index >= 15 is 0 Å². The molecule has 0 heterocycles. The van der Waals surface area contributed by atoms with Crippen LogP contribution in [0.4, 0.5) is 0 Å². The molecular weight excluding hydrogens is 156 g/mol. The molecule has 0 aromatic heterocycles. The van der Waals surface area contributed by atoms with Gasteiger partial charge in [0.05, 0.1) is 0 Å². The van der Waals surface area contributed by atoms with Gasteiger partial charge in [-0.1, -0.05) is 65.3 Å². The Hall–Kier alpha value is -0.520. The highest BCUT2D eigenvalue weighted by Gasteiger charge is 2.19. The van der Waals surface area contributed by atoms with Crippen molar-refractivity contribution in [2.75, 3.05) is 0 Å². The topological polar surface area (TPSA) is 0 Å². The normalized spacial score (nSPS) is 20.3. The van der Waals surface area contributed by atoms with Crippen molar-refractivity contribution in [3.8, 4) is 0 Å². The molecule has 0 saturated carbocycles. The smallest absolute Gasteiger partial charge is 0.000856 e. The third kappa shape index (κ3) is 3.38. The van der Waals surface area contributed by atoms with Crippen LogP contribution in [0.25, 0.3) is 0 Å². The number of hydrogen-bond acceptors (Lipinski definition) is 0. The van der Waals surface area contributed by atoms with Crippen molar-refractivity contribution in [1.82, 2.24) is 0 Å². The summed E-state index contributed by atoms with van der Waals surface area (Å²) in [6, 6.07) is 0. The molecule has 76 valence electrons. The largest absolute Gasteiger partial charge is 0.0771 e. The van der Waals surface area contributed by atoms with Gasteiger partial charge in [-0.2, -0.15) is 0 Å². The van der Waals surface area contributed by atoms with Crippen molar-refractivity contribution in [3.05, 3.63) is 23.8 Å². The molecule has 1 atom stereocenters. The van der Waals surface area contributed by atoms with Crippen LogP contribution >= 0.6 is 0 Å². The first-order chi connectivity index (χ1) is 6.13. The Morgan fingerprint density at radius 1 is 1.08 bits per heavy atom. The van der Waals surface area contributed by atoms with Crippen LogP contribution in [0.15, 0.2) is 23.8 Å². The number of allylic oxidation sites excluding steroid dienone is 4. The molecule has 1 aliphatic carbocycles. The van der Waals surface area contributed by atoms with Gasteiger partial charge < -0.3 is 0 Å². The lowest BCUT2D eigenvalue weighted by molar-refractivity contribution is 0.491. The van der Waals surface area contributed by atoms with Crippen LogP contribution in [-0.4, -0.2) is 0 Å². The van der Waals surface area contributed by atoms with E-state index in [4.69, 9.17) is 0 Å². The summed E-state index contributed by atoms with van der Waals surface area (Å²) in [4.78, 5) is 0. The third-order valence-corrected chi connectivity index (χ3v) is 2.38. The minimum absolute atomic E-state index is 0.704. The summed E-state index contributed by atoms with van der Waals surface area (Å²) in [5.74, 6) is 2.16. The SMILES string of the molecule is CC.CC(C)C1=CC=CC1C(C)C. The average Bonchev–Trinajstić information content (AvgIpc) is 2.55. The van der Waals surface area contributed by atoms with Crippen LogP contribution in [-0.2, 0) is 0 Å². The van der Waals surface area contributed by atoms with Gasteiger partial charge in [0.1, 0.15) is 0 Å². The standard InChI is InChI=1S/C11H18.C2H6/c1-8(2)10-6-5-7-11(10)9(3)4;1-2/h5-10H,1-4H3;1-2H3. The summed E-state index contributed by atoms with van der Waals surface area (Å²) in [5.41, 5.74) is 1.60. The zero-order valence-electron chi connectivity index (χ0n) is 9.96. The second-order valence-electron chi connectivity index (χ2n) is 3.98. The zero-order valence-corrected chi connectivity index (χ0v) is 9.96. The maximum atomic E-state index is 2.32. The summed E-state index contributed by atoms with van der Waals surface area (Å²) in [6.07, 6.45) is 6.79. The lowest BCUT2D eigenvalue weighted by atomic mass is 9.85. The molecule has 0 nitrogen and oxygen atoms in total. The molecule has 0 radical (unpaired) electrons. The molecule has 0 aromatic rings. The Balaban J connectivity index is 0.000000671. The highest BCUT2D eigenvalue weighted by atomic mass is 14.2.